The maximum Gasteiger partial charge on any atom is 0.323 e. The highest BCUT2D eigenvalue weighted by Crippen LogP contribution is 2.34. The van der Waals surface area contributed by atoms with Crippen molar-refractivity contribution in [1.82, 2.24) is 24.7 Å². The van der Waals surface area contributed by atoms with Gasteiger partial charge in [-0.1, -0.05) is 43.2 Å². The van der Waals surface area contributed by atoms with Crippen molar-refractivity contribution in [3.63, 3.8) is 0 Å². The largest absolute Gasteiger partial charge is 0.493 e. The molecule has 3 N–H and O–H groups in total. The molecule has 3 aromatic carbocycles. The zero-order valence-electron chi connectivity index (χ0n) is 29.8. The third kappa shape index (κ3) is 11.3. The molecular weight excluding hydrogens is 644 g/mol. The molecule has 0 saturated carbocycles. The molecule has 272 valence electrons. The Morgan fingerprint density at radius 1 is 0.745 bits per heavy atom. The second-order valence-electron chi connectivity index (χ2n) is 13.1. The molecule has 2 aliphatic heterocycles. The fourth-order valence-electron chi connectivity index (χ4n) is 6.55. The number of urea groups is 1. The van der Waals surface area contributed by atoms with Gasteiger partial charge < -0.3 is 35.1 Å². The average molecular weight is 697 g/mol. The van der Waals surface area contributed by atoms with Crippen molar-refractivity contribution in [1.29, 1.82) is 0 Å². The summed E-state index contributed by atoms with van der Waals surface area (Å²) in [6, 6.07) is 20.6. The summed E-state index contributed by atoms with van der Waals surface area (Å²) < 4.78 is 17.4. The number of hydrogen-bond donors (Lipinski definition) is 3. The van der Waals surface area contributed by atoms with Gasteiger partial charge in [-0.3, -0.25) is 9.80 Å². The van der Waals surface area contributed by atoms with Crippen molar-refractivity contribution in [3.8, 4) is 11.5 Å². The van der Waals surface area contributed by atoms with Crippen LogP contribution >= 0.6 is 0 Å². The predicted molar refractivity (Wildman–Crippen MR) is 203 cm³/mol. The zero-order chi connectivity index (χ0) is 35.1. The van der Waals surface area contributed by atoms with Crippen LogP contribution in [0.4, 0.5) is 22.0 Å². The minimum Gasteiger partial charge on any atom is -0.493 e. The molecule has 2 saturated heterocycles. The molecule has 0 radical (unpaired) electrons. The summed E-state index contributed by atoms with van der Waals surface area (Å²) in [7, 11) is 1.65. The summed E-state index contributed by atoms with van der Waals surface area (Å²) in [6.45, 7) is 13.2. The Morgan fingerprint density at radius 2 is 1.45 bits per heavy atom. The third-order valence-electron chi connectivity index (χ3n) is 9.52. The van der Waals surface area contributed by atoms with E-state index in [1.807, 2.05) is 66.7 Å². The van der Waals surface area contributed by atoms with E-state index in [1.54, 1.807) is 13.4 Å². The number of benzene rings is 3. The van der Waals surface area contributed by atoms with E-state index >= 15 is 0 Å². The molecule has 3 heterocycles. The lowest BCUT2D eigenvalue weighted by Crippen LogP contribution is -2.49. The molecule has 0 aliphatic carbocycles. The second kappa shape index (κ2) is 19.2. The zero-order valence-corrected chi connectivity index (χ0v) is 29.8. The van der Waals surface area contributed by atoms with Gasteiger partial charge in [0.2, 0.25) is 0 Å². The van der Waals surface area contributed by atoms with E-state index in [0.717, 1.165) is 67.8 Å². The predicted octanol–water partition coefficient (Wildman–Crippen LogP) is 5.78. The lowest BCUT2D eigenvalue weighted by Gasteiger charge is -2.36. The monoisotopic (exact) mass is 696 g/mol. The van der Waals surface area contributed by atoms with Gasteiger partial charge >= 0.3 is 6.03 Å². The number of ether oxygens (including phenoxy) is 3. The minimum absolute atomic E-state index is 0.297. The molecule has 12 nitrogen and oxygen atoms in total. The van der Waals surface area contributed by atoms with E-state index in [2.05, 4.69) is 40.6 Å². The normalized spacial score (nSPS) is 15.8. The summed E-state index contributed by atoms with van der Waals surface area (Å²) in [6.07, 6.45) is 6.09. The number of nitrogens with zero attached hydrogens (tertiary/aromatic N) is 5. The molecule has 4 aromatic rings. The van der Waals surface area contributed by atoms with Crippen molar-refractivity contribution < 1.29 is 19.0 Å². The number of morpholine rings is 1. The van der Waals surface area contributed by atoms with Crippen molar-refractivity contribution >= 4 is 34.1 Å². The number of aromatic nitrogens is 2. The van der Waals surface area contributed by atoms with Gasteiger partial charge in [0, 0.05) is 81.7 Å². The Kier molecular flexibility index (Phi) is 13.7. The number of unbranched alkanes of at least 4 members (excludes halogenated alkanes) is 3. The SMILES string of the molecule is COc1cc2ncnc(NCc3cccc(NC(=O)Nc4ccccc4)c3)c2cc1OCCCCCCN1CCN(CCN2CCOCC2)CC1. The summed E-state index contributed by atoms with van der Waals surface area (Å²) in [5, 5.41) is 10.0. The highest BCUT2D eigenvalue weighted by molar-refractivity contribution is 5.99. The van der Waals surface area contributed by atoms with Gasteiger partial charge in [0.05, 0.1) is 32.4 Å². The number of rotatable bonds is 17. The number of piperazine rings is 1. The van der Waals surface area contributed by atoms with Crippen LogP contribution in [0.1, 0.15) is 31.2 Å². The van der Waals surface area contributed by atoms with Gasteiger partial charge in [0.15, 0.2) is 11.5 Å². The number of para-hydroxylation sites is 1. The average Bonchev–Trinajstić information content (AvgIpc) is 3.17. The molecular formula is C39H52N8O4. The summed E-state index contributed by atoms with van der Waals surface area (Å²) >= 11 is 0. The molecule has 12 heteroatoms. The van der Waals surface area contributed by atoms with Crippen molar-refractivity contribution in [2.45, 2.75) is 32.2 Å². The minimum atomic E-state index is -0.297. The Labute approximate surface area is 301 Å². The quantitative estimate of drug-likeness (QED) is 0.117. The first-order chi connectivity index (χ1) is 25.1. The van der Waals surface area contributed by atoms with Gasteiger partial charge in [-0.25, -0.2) is 14.8 Å². The highest BCUT2D eigenvalue weighted by atomic mass is 16.5. The lowest BCUT2D eigenvalue weighted by atomic mass is 10.1. The molecule has 0 spiro atoms. The molecule has 2 amide bonds. The van der Waals surface area contributed by atoms with E-state index in [9.17, 15) is 4.79 Å². The van der Waals surface area contributed by atoms with Gasteiger partial charge in [0.25, 0.3) is 0 Å². The number of fused-ring (bicyclic) bond motifs is 1. The van der Waals surface area contributed by atoms with E-state index in [4.69, 9.17) is 14.2 Å². The van der Waals surface area contributed by atoms with Crippen LogP contribution < -0.4 is 25.4 Å². The van der Waals surface area contributed by atoms with Crippen molar-refractivity contribution in [2.24, 2.45) is 0 Å². The van der Waals surface area contributed by atoms with Crippen LogP contribution in [0.15, 0.2) is 73.1 Å². The van der Waals surface area contributed by atoms with Crippen molar-refractivity contribution in [3.05, 3.63) is 78.6 Å². The first-order valence-electron chi connectivity index (χ1n) is 18.3. The third-order valence-corrected chi connectivity index (χ3v) is 9.52. The van der Waals surface area contributed by atoms with Crippen LogP contribution in [0, 0.1) is 0 Å². The van der Waals surface area contributed by atoms with Crippen molar-refractivity contribution in [2.75, 3.05) is 102 Å². The molecule has 2 fully saturated rings. The van der Waals surface area contributed by atoms with Crippen LogP contribution in [0.2, 0.25) is 0 Å². The van der Waals surface area contributed by atoms with Gasteiger partial charge in [-0.2, -0.15) is 0 Å². The van der Waals surface area contributed by atoms with Gasteiger partial charge in [-0.05, 0) is 55.3 Å². The number of methoxy groups -OCH3 is 1. The Balaban J connectivity index is 0.919. The number of amides is 2. The molecule has 2 aliphatic rings. The van der Waals surface area contributed by atoms with E-state index in [0.29, 0.717) is 36.2 Å². The first-order valence-corrected chi connectivity index (χ1v) is 18.3. The van der Waals surface area contributed by atoms with Gasteiger partial charge in [-0.15, -0.1) is 0 Å². The molecule has 0 bridgehead atoms. The molecule has 0 unspecified atom stereocenters. The summed E-state index contributed by atoms with van der Waals surface area (Å²) in [4.78, 5) is 29.2. The smallest absolute Gasteiger partial charge is 0.323 e. The van der Waals surface area contributed by atoms with Crippen LogP contribution in [0.3, 0.4) is 0 Å². The van der Waals surface area contributed by atoms with E-state index in [1.165, 1.54) is 52.1 Å². The first kappa shape index (κ1) is 36.3. The fraction of sp³-hybridized carbons (Fsp3) is 0.462. The molecule has 0 atom stereocenters. The van der Waals surface area contributed by atoms with Gasteiger partial charge in [0.1, 0.15) is 12.1 Å². The fourth-order valence-corrected chi connectivity index (χ4v) is 6.55. The summed E-state index contributed by atoms with van der Waals surface area (Å²) in [5.74, 6) is 2.04. The lowest BCUT2D eigenvalue weighted by molar-refractivity contribution is 0.0299. The van der Waals surface area contributed by atoms with Crippen LogP contribution in [-0.4, -0.2) is 117 Å². The Hall–Kier alpha value is -4.49. The topological polar surface area (TPSA) is 116 Å². The maximum absolute atomic E-state index is 12.5. The van der Waals surface area contributed by atoms with Crippen LogP contribution in [-0.2, 0) is 11.3 Å². The number of carbonyl (C=O) groups is 1. The molecule has 6 rings (SSSR count). The Morgan fingerprint density at radius 3 is 2.24 bits per heavy atom. The standard InChI is InChI=1S/C39H52N8O4/c1-49-36-28-35-34(38(42-30-41-35)40-29-31-10-9-13-33(26-31)44-39(48)43-32-11-5-4-6-12-32)27-37(36)51-23-8-3-2-7-14-45-15-17-46(18-16-45)19-20-47-21-24-50-25-22-47/h4-6,9-13,26-28,30H,2-3,7-8,14-25,29H2,1H3,(H,40,41,42)(H2,43,44,48). The van der Waals surface area contributed by atoms with E-state index < -0.39 is 0 Å². The Bertz CT molecular complexity index is 1660. The molecule has 51 heavy (non-hydrogen) atoms. The second-order valence-corrected chi connectivity index (χ2v) is 13.1. The number of nitrogens with one attached hydrogen (secondary N) is 3. The van der Waals surface area contributed by atoms with E-state index in [-0.39, 0.29) is 6.03 Å². The molecule has 1 aromatic heterocycles. The summed E-state index contributed by atoms with van der Waals surface area (Å²) in [5.41, 5.74) is 3.19. The van der Waals surface area contributed by atoms with Crippen LogP contribution in [0.25, 0.3) is 10.9 Å². The highest BCUT2D eigenvalue weighted by Gasteiger charge is 2.18. The number of hydrogen-bond acceptors (Lipinski definition) is 10. The maximum atomic E-state index is 12.5. The number of anilines is 3. The number of carbonyl (C=O) groups excluding carboxylic acids is 1. The van der Waals surface area contributed by atoms with Crippen LogP contribution in [0.5, 0.6) is 11.5 Å².